The van der Waals surface area contributed by atoms with Crippen LogP contribution in [0.15, 0.2) is 11.2 Å². The van der Waals surface area contributed by atoms with Gasteiger partial charge in [0, 0.05) is 6.54 Å². The van der Waals surface area contributed by atoms with Crippen molar-refractivity contribution in [2.45, 2.75) is 18.4 Å². The molecule has 0 fully saturated rings. The summed E-state index contributed by atoms with van der Waals surface area (Å²) in [5, 5.41) is 10.1. The largest absolute Gasteiger partial charge is 0.462 e. The molecule has 1 aromatic rings. The number of ether oxygens (including phenoxy) is 1. The van der Waals surface area contributed by atoms with Gasteiger partial charge in [0.25, 0.3) is 10.0 Å². The number of sulfonamides is 2. The Balaban J connectivity index is 2.75. The number of nitrogens with one attached hydrogen (secondary N) is 2. The number of carbonyl (C=O) groups is 1. The molecule has 12 heteroatoms. The van der Waals surface area contributed by atoms with Crippen LogP contribution in [0.2, 0.25) is 0 Å². The fraction of sp³-hybridized carbons (Fsp3) is 0.556. The standard InChI is InChI=1S/C9H16N4O6S2/c1-2-19-9(14)7-6-11-13-8(7)21(17,18)12-4-3-5-20(10,15)16/h6,12H,2-5H2,1H3,(H,11,13)(H2,10,15,16). The molecule has 0 aliphatic carbocycles. The van der Waals surface area contributed by atoms with E-state index in [9.17, 15) is 21.6 Å². The molecule has 0 unspecified atom stereocenters. The third-order valence-corrected chi connectivity index (χ3v) is 4.56. The first-order valence-electron chi connectivity index (χ1n) is 5.88. The summed E-state index contributed by atoms with van der Waals surface area (Å²) < 4.78 is 52.2. The number of aromatic nitrogens is 2. The summed E-state index contributed by atoms with van der Waals surface area (Å²) in [6.45, 7) is 1.52. The van der Waals surface area contributed by atoms with Crippen LogP contribution in [0.1, 0.15) is 23.7 Å². The number of hydrogen-bond donors (Lipinski definition) is 3. The molecular weight excluding hydrogens is 324 g/mol. The van der Waals surface area contributed by atoms with Gasteiger partial charge in [0.05, 0.1) is 18.6 Å². The van der Waals surface area contributed by atoms with Crippen LogP contribution in [-0.4, -0.2) is 51.9 Å². The highest BCUT2D eigenvalue weighted by atomic mass is 32.2. The summed E-state index contributed by atoms with van der Waals surface area (Å²) in [6.07, 6.45) is 1.04. The maximum Gasteiger partial charge on any atom is 0.342 e. The summed E-state index contributed by atoms with van der Waals surface area (Å²) in [7, 11) is -7.69. The normalized spacial score (nSPS) is 12.3. The molecule has 1 rings (SSSR count). The summed E-state index contributed by atoms with van der Waals surface area (Å²) in [5.74, 6) is -1.18. The lowest BCUT2D eigenvalue weighted by Crippen LogP contribution is -2.29. The van der Waals surface area contributed by atoms with Crippen LogP contribution < -0.4 is 9.86 Å². The number of nitrogens with two attached hydrogens (primary N) is 1. The van der Waals surface area contributed by atoms with Crippen molar-refractivity contribution >= 4 is 26.0 Å². The van der Waals surface area contributed by atoms with Crippen LogP contribution in [0.25, 0.3) is 0 Å². The second kappa shape index (κ2) is 6.98. The molecule has 10 nitrogen and oxygen atoms in total. The number of primary sulfonamides is 1. The Morgan fingerprint density at radius 1 is 1.43 bits per heavy atom. The molecule has 0 aromatic carbocycles. The summed E-state index contributed by atoms with van der Waals surface area (Å²) >= 11 is 0. The highest BCUT2D eigenvalue weighted by Crippen LogP contribution is 2.12. The zero-order valence-corrected chi connectivity index (χ0v) is 12.8. The van der Waals surface area contributed by atoms with Crippen molar-refractivity contribution in [2.24, 2.45) is 5.14 Å². The fourth-order valence-electron chi connectivity index (χ4n) is 1.39. The first kappa shape index (κ1) is 17.6. The molecule has 0 amide bonds. The molecule has 0 atom stereocenters. The van der Waals surface area contributed by atoms with Gasteiger partial charge in [-0.2, -0.15) is 5.10 Å². The second-order valence-electron chi connectivity index (χ2n) is 3.95. The minimum Gasteiger partial charge on any atom is -0.462 e. The van der Waals surface area contributed by atoms with Crippen LogP contribution in [0.5, 0.6) is 0 Å². The first-order chi connectivity index (χ1) is 9.67. The van der Waals surface area contributed by atoms with Crippen LogP contribution in [-0.2, 0) is 24.8 Å². The summed E-state index contributed by atoms with van der Waals surface area (Å²) in [5.41, 5.74) is -0.226. The van der Waals surface area contributed by atoms with Crippen molar-refractivity contribution in [1.29, 1.82) is 0 Å². The monoisotopic (exact) mass is 340 g/mol. The summed E-state index contributed by atoms with van der Waals surface area (Å²) in [4.78, 5) is 11.6. The molecule has 4 N–H and O–H groups in total. The van der Waals surface area contributed by atoms with Gasteiger partial charge in [0.15, 0.2) is 5.03 Å². The molecule has 1 heterocycles. The topological polar surface area (TPSA) is 161 Å². The minimum atomic E-state index is -4.03. The van der Waals surface area contributed by atoms with Crippen LogP contribution in [0.3, 0.4) is 0 Å². The predicted molar refractivity (Wildman–Crippen MR) is 72.3 cm³/mol. The third-order valence-electron chi connectivity index (χ3n) is 2.27. The van der Waals surface area contributed by atoms with Crippen molar-refractivity contribution in [3.05, 3.63) is 11.8 Å². The van der Waals surface area contributed by atoms with E-state index >= 15 is 0 Å². The number of H-pyrrole nitrogens is 1. The molecule has 0 saturated carbocycles. The number of carbonyl (C=O) groups excluding carboxylic acids is 1. The Morgan fingerprint density at radius 2 is 2.10 bits per heavy atom. The molecule has 0 saturated heterocycles. The molecule has 21 heavy (non-hydrogen) atoms. The smallest absolute Gasteiger partial charge is 0.342 e. The Hall–Kier alpha value is -1.50. The van der Waals surface area contributed by atoms with E-state index in [-0.39, 0.29) is 30.9 Å². The van der Waals surface area contributed by atoms with E-state index in [1.165, 1.54) is 0 Å². The van der Waals surface area contributed by atoms with Gasteiger partial charge in [0.1, 0.15) is 5.56 Å². The lowest BCUT2D eigenvalue weighted by Gasteiger charge is -2.06. The fourth-order valence-corrected chi connectivity index (χ4v) is 3.09. The van der Waals surface area contributed by atoms with E-state index in [2.05, 4.69) is 14.9 Å². The highest BCUT2D eigenvalue weighted by Gasteiger charge is 2.25. The lowest BCUT2D eigenvalue weighted by molar-refractivity contribution is 0.0522. The van der Waals surface area contributed by atoms with Gasteiger partial charge in [-0.1, -0.05) is 0 Å². The van der Waals surface area contributed by atoms with Crippen molar-refractivity contribution < 1.29 is 26.4 Å². The SMILES string of the molecule is CCOC(=O)c1cn[nH]c1S(=O)(=O)NCCCS(N)(=O)=O. The average molecular weight is 340 g/mol. The van der Waals surface area contributed by atoms with Crippen molar-refractivity contribution in [2.75, 3.05) is 18.9 Å². The van der Waals surface area contributed by atoms with Crippen molar-refractivity contribution in [1.82, 2.24) is 14.9 Å². The van der Waals surface area contributed by atoms with Gasteiger partial charge in [-0.05, 0) is 13.3 Å². The van der Waals surface area contributed by atoms with E-state index in [4.69, 9.17) is 9.88 Å². The number of nitrogens with zero attached hydrogens (tertiary/aromatic N) is 1. The van der Waals surface area contributed by atoms with Gasteiger partial charge in [-0.25, -0.2) is 31.5 Å². The number of rotatable bonds is 8. The quantitative estimate of drug-likeness (QED) is 0.385. The lowest BCUT2D eigenvalue weighted by atomic mass is 10.4. The van der Waals surface area contributed by atoms with E-state index in [0.29, 0.717) is 0 Å². The number of hydrogen-bond acceptors (Lipinski definition) is 7. The molecule has 0 aliphatic rings. The van der Waals surface area contributed by atoms with Gasteiger partial charge in [-0.3, -0.25) is 5.10 Å². The van der Waals surface area contributed by atoms with Crippen LogP contribution in [0.4, 0.5) is 0 Å². The number of aromatic amines is 1. The van der Waals surface area contributed by atoms with E-state index < -0.39 is 31.0 Å². The van der Waals surface area contributed by atoms with E-state index in [1.54, 1.807) is 6.92 Å². The molecule has 0 bridgehead atoms. The Labute approximate surface area is 122 Å². The Kier molecular flexibility index (Phi) is 5.83. The molecule has 1 aromatic heterocycles. The van der Waals surface area contributed by atoms with Gasteiger partial charge in [0.2, 0.25) is 10.0 Å². The van der Waals surface area contributed by atoms with Gasteiger partial charge < -0.3 is 4.74 Å². The van der Waals surface area contributed by atoms with Crippen LogP contribution in [0, 0.1) is 0 Å². The molecular formula is C9H16N4O6S2. The zero-order valence-electron chi connectivity index (χ0n) is 11.2. The Morgan fingerprint density at radius 3 is 2.67 bits per heavy atom. The van der Waals surface area contributed by atoms with Crippen molar-refractivity contribution in [3.8, 4) is 0 Å². The first-order valence-corrected chi connectivity index (χ1v) is 9.08. The molecule has 0 radical (unpaired) electrons. The van der Waals surface area contributed by atoms with Crippen LogP contribution >= 0.6 is 0 Å². The van der Waals surface area contributed by atoms with Gasteiger partial charge in [-0.15, -0.1) is 0 Å². The van der Waals surface area contributed by atoms with Crippen molar-refractivity contribution in [3.63, 3.8) is 0 Å². The van der Waals surface area contributed by atoms with E-state index in [0.717, 1.165) is 6.20 Å². The third kappa shape index (κ3) is 5.41. The summed E-state index contributed by atoms with van der Waals surface area (Å²) in [6, 6.07) is 0. The molecule has 0 aliphatic heterocycles. The number of esters is 1. The minimum absolute atomic E-state index is 0.000933. The Bertz CT molecular complexity index is 694. The highest BCUT2D eigenvalue weighted by molar-refractivity contribution is 7.89. The average Bonchev–Trinajstić information content (AvgIpc) is 2.84. The predicted octanol–water partition coefficient (Wildman–Crippen LogP) is -1.46. The van der Waals surface area contributed by atoms with E-state index in [1.807, 2.05) is 0 Å². The maximum absolute atomic E-state index is 12.0. The zero-order chi connectivity index (χ0) is 16.1. The maximum atomic E-state index is 12.0. The molecule has 120 valence electrons. The second-order valence-corrected chi connectivity index (χ2v) is 7.39. The van der Waals surface area contributed by atoms with Gasteiger partial charge >= 0.3 is 5.97 Å². The molecule has 0 spiro atoms.